The van der Waals surface area contributed by atoms with E-state index in [1.54, 1.807) is 7.11 Å². The molecule has 3 aromatic rings. The first kappa shape index (κ1) is 23.8. The molecule has 0 spiro atoms. The van der Waals surface area contributed by atoms with Crippen LogP contribution in [0.3, 0.4) is 0 Å². The highest BCUT2D eigenvalue weighted by atomic mass is 16.6. The lowest BCUT2D eigenvalue weighted by Crippen LogP contribution is -2.41. The van der Waals surface area contributed by atoms with Crippen LogP contribution in [0.2, 0.25) is 0 Å². The molecule has 4 rings (SSSR count). The van der Waals surface area contributed by atoms with E-state index in [-0.39, 0.29) is 5.97 Å². The second kappa shape index (κ2) is 10.7. The summed E-state index contributed by atoms with van der Waals surface area (Å²) in [5, 5.41) is 0. The summed E-state index contributed by atoms with van der Waals surface area (Å²) in [6.07, 6.45) is 2.66. The van der Waals surface area contributed by atoms with Gasteiger partial charge in [0.2, 0.25) is 5.89 Å². The second-order valence-electron chi connectivity index (χ2n) is 8.34. The zero-order valence-electron chi connectivity index (χ0n) is 20.0. The number of hydrogen-bond acceptors (Lipinski definition) is 7. The van der Waals surface area contributed by atoms with Crippen LogP contribution in [0.5, 0.6) is 11.5 Å². The molecule has 1 atom stereocenters. The molecule has 1 fully saturated rings. The van der Waals surface area contributed by atoms with Crippen molar-refractivity contribution in [1.82, 2.24) is 4.98 Å². The Kier molecular flexibility index (Phi) is 7.53. The summed E-state index contributed by atoms with van der Waals surface area (Å²) in [6.45, 7) is 5.13. The van der Waals surface area contributed by atoms with Gasteiger partial charge in [-0.1, -0.05) is 18.2 Å². The van der Waals surface area contributed by atoms with Crippen molar-refractivity contribution < 1.29 is 28.2 Å². The number of aryl methyl sites for hydroxylation is 1. The third-order valence-electron chi connectivity index (χ3n) is 5.98. The Balaban J connectivity index is 1.33. The van der Waals surface area contributed by atoms with Crippen molar-refractivity contribution in [2.45, 2.75) is 45.1 Å². The highest BCUT2D eigenvalue weighted by Gasteiger charge is 2.44. The van der Waals surface area contributed by atoms with Gasteiger partial charge in [0.15, 0.2) is 5.60 Å². The first-order valence-corrected chi connectivity index (χ1v) is 11.7. The van der Waals surface area contributed by atoms with Crippen LogP contribution in [-0.2, 0) is 27.1 Å². The molecule has 7 nitrogen and oxygen atoms in total. The van der Waals surface area contributed by atoms with E-state index in [9.17, 15) is 4.79 Å². The third kappa shape index (κ3) is 5.42. The third-order valence-corrected chi connectivity index (χ3v) is 5.98. The molecule has 0 aliphatic carbocycles. The molecule has 180 valence electrons. The van der Waals surface area contributed by atoms with Gasteiger partial charge < -0.3 is 23.4 Å². The Labute approximate surface area is 200 Å². The largest absolute Gasteiger partial charge is 0.497 e. The molecule has 1 saturated heterocycles. The van der Waals surface area contributed by atoms with Crippen molar-refractivity contribution in [2.24, 2.45) is 0 Å². The monoisotopic (exact) mass is 465 g/mol. The summed E-state index contributed by atoms with van der Waals surface area (Å²) in [4.78, 5) is 17.1. The first-order valence-electron chi connectivity index (χ1n) is 11.7. The number of ether oxygens (including phenoxy) is 4. The van der Waals surface area contributed by atoms with Gasteiger partial charge in [-0.25, -0.2) is 9.78 Å². The van der Waals surface area contributed by atoms with Crippen LogP contribution in [0.25, 0.3) is 11.5 Å². The Hall–Kier alpha value is -3.32. The quantitative estimate of drug-likeness (QED) is 0.393. The van der Waals surface area contributed by atoms with E-state index in [1.165, 1.54) is 0 Å². The molecule has 1 aromatic heterocycles. The summed E-state index contributed by atoms with van der Waals surface area (Å²) in [5.41, 5.74) is 1.88. The van der Waals surface area contributed by atoms with E-state index in [2.05, 4.69) is 4.98 Å². The van der Waals surface area contributed by atoms with Gasteiger partial charge in [0.05, 0.1) is 26.0 Å². The summed E-state index contributed by atoms with van der Waals surface area (Å²) >= 11 is 0. The van der Waals surface area contributed by atoms with Crippen LogP contribution < -0.4 is 9.47 Å². The van der Waals surface area contributed by atoms with E-state index in [0.717, 1.165) is 40.5 Å². The molecule has 1 aliphatic heterocycles. The second-order valence-corrected chi connectivity index (χ2v) is 8.34. The van der Waals surface area contributed by atoms with Gasteiger partial charge >= 0.3 is 5.97 Å². The minimum atomic E-state index is -0.872. The van der Waals surface area contributed by atoms with Crippen LogP contribution >= 0.6 is 0 Å². The van der Waals surface area contributed by atoms with E-state index in [1.807, 2.05) is 62.4 Å². The Morgan fingerprint density at radius 3 is 2.68 bits per heavy atom. The number of carbonyl (C=O) groups excluding carboxylic acids is 1. The van der Waals surface area contributed by atoms with Crippen LogP contribution in [0.1, 0.15) is 36.8 Å². The molecule has 0 amide bonds. The maximum Gasteiger partial charge on any atom is 0.338 e. The Bertz CT molecular complexity index is 1100. The number of nitrogens with zero attached hydrogens (tertiary/aromatic N) is 1. The number of methoxy groups -OCH3 is 1. The number of rotatable bonds is 10. The number of carbonyl (C=O) groups is 1. The smallest absolute Gasteiger partial charge is 0.338 e. The highest BCUT2D eigenvalue weighted by molar-refractivity contribution is 5.80. The summed E-state index contributed by atoms with van der Waals surface area (Å²) < 4.78 is 28.2. The molecule has 0 N–H and O–H groups in total. The predicted molar refractivity (Wildman–Crippen MR) is 127 cm³/mol. The fourth-order valence-electron chi connectivity index (χ4n) is 4.17. The molecule has 0 radical (unpaired) electrons. The lowest BCUT2D eigenvalue weighted by Gasteiger charge is -2.26. The molecule has 0 bridgehead atoms. The van der Waals surface area contributed by atoms with Crippen molar-refractivity contribution in [1.29, 1.82) is 0 Å². The van der Waals surface area contributed by atoms with Crippen molar-refractivity contribution in [3.8, 4) is 23.0 Å². The Morgan fingerprint density at radius 2 is 1.97 bits per heavy atom. The molecular formula is C27H31NO6. The standard InChI is InChI=1S/C27H31NO6/c1-4-31-26(29)27(14-6-15-33-27)18-20-9-11-22(12-10-20)32-16-13-24-19(2)34-25(28-24)21-7-5-8-23(17-21)30-3/h5,7-12,17H,4,6,13-16,18H2,1-3H3. The SMILES string of the molecule is CCOC(=O)C1(Cc2ccc(OCCc3nc(-c4cccc(OC)c4)oc3C)cc2)CCCO1. The zero-order valence-corrected chi connectivity index (χ0v) is 20.0. The minimum Gasteiger partial charge on any atom is -0.497 e. The maximum absolute atomic E-state index is 12.5. The molecule has 2 heterocycles. The van der Waals surface area contributed by atoms with Gasteiger partial charge in [0.1, 0.15) is 17.3 Å². The number of benzene rings is 2. The molecule has 7 heteroatoms. The molecule has 2 aromatic carbocycles. The van der Waals surface area contributed by atoms with Crippen molar-refractivity contribution in [3.63, 3.8) is 0 Å². The van der Waals surface area contributed by atoms with Gasteiger partial charge in [-0.2, -0.15) is 0 Å². The van der Waals surface area contributed by atoms with Gasteiger partial charge in [-0.3, -0.25) is 0 Å². The maximum atomic E-state index is 12.5. The van der Waals surface area contributed by atoms with Crippen LogP contribution in [0, 0.1) is 6.92 Å². The number of esters is 1. The molecule has 1 unspecified atom stereocenters. The molecule has 0 saturated carbocycles. The lowest BCUT2D eigenvalue weighted by molar-refractivity contribution is -0.166. The number of oxazole rings is 1. The van der Waals surface area contributed by atoms with E-state index in [0.29, 0.717) is 45.0 Å². The topological polar surface area (TPSA) is 80.0 Å². The van der Waals surface area contributed by atoms with Crippen molar-refractivity contribution in [2.75, 3.05) is 26.9 Å². The predicted octanol–water partition coefficient (Wildman–Crippen LogP) is 4.93. The van der Waals surface area contributed by atoms with Gasteiger partial charge in [0.25, 0.3) is 0 Å². The van der Waals surface area contributed by atoms with E-state index in [4.69, 9.17) is 23.4 Å². The number of hydrogen-bond donors (Lipinski definition) is 0. The summed E-state index contributed by atoms with van der Waals surface area (Å²) in [5.74, 6) is 2.59. The van der Waals surface area contributed by atoms with Crippen LogP contribution in [0.15, 0.2) is 52.9 Å². The van der Waals surface area contributed by atoms with Gasteiger partial charge in [-0.05, 0) is 62.6 Å². The number of aromatic nitrogens is 1. The van der Waals surface area contributed by atoms with Crippen LogP contribution in [0.4, 0.5) is 0 Å². The fourth-order valence-corrected chi connectivity index (χ4v) is 4.17. The van der Waals surface area contributed by atoms with Gasteiger partial charge in [0, 0.05) is 25.0 Å². The fraction of sp³-hybridized carbons (Fsp3) is 0.407. The summed E-state index contributed by atoms with van der Waals surface area (Å²) in [7, 11) is 1.64. The lowest BCUT2D eigenvalue weighted by atomic mass is 9.91. The zero-order chi connectivity index (χ0) is 24.0. The first-order chi connectivity index (χ1) is 16.5. The van der Waals surface area contributed by atoms with Gasteiger partial charge in [-0.15, -0.1) is 0 Å². The van der Waals surface area contributed by atoms with Crippen molar-refractivity contribution in [3.05, 3.63) is 65.5 Å². The average molecular weight is 466 g/mol. The molecular weight excluding hydrogens is 434 g/mol. The van der Waals surface area contributed by atoms with E-state index < -0.39 is 5.60 Å². The van der Waals surface area contributed by atoms with E-state index >= 15 is 0 Å². The Morgan fingerprint density at radius 1 is 1.15 bits per heavy atom. The minimum absolute atomic E-state index is 0.274. The molecule has 1 aliphatic rings. The highest BCUT2D eigenvalue weighted by Crippen LogP contribution is 2.32. The van der Waals surface area contributed by atoms with Crippen LogP contribution in [-0.4, -0.2) is 43.5 Å². The summed E-state index contributed by atoms with van der Waals surface area (Å²) in [6, 6.07) is 15.4. The normalized spacial score (nSPS) is 17.5. The molecule has 34 heavy (non-hydrogen) atoms. The average Bonchev–Trinajstić information content (AvgIpc) is 3.48. The van der Waals surface area contributed by atoms with Crippen molar-refractivity contribution >= 4 is 5.97 Å².